The topological polar surface area (TPSA) is 58.0 Å². The fourth-order valence-electron chi connectivity index (χ4n) is 3.47. The summed E-state index contributed by atoms with van der Waals surface area (Å²) in [7, 11) is 0. The molecule has 2 aromatic carbocycles. The van der Waals surface area contributed by atoms with Gasteiger partial charge in [0, 0.05) is 30.1 Å². The van der Waals surface area contributed by atoms with Gasteiger partial charge in [0.05, 0.1) is 12.2 Å². The van der Waals surface area contributed by atoms with Crippen LogP contribution in [0.5, 0.6) is 0 Å². The Morgan fingerprint density at radius 2 is 1.89 bits per heavy atom. The van der Waals surface area contributed by atoms with Gasteiger partial charge < -0.3 is 14.7 Å². The first-order valence-electron chi connectivity index (χ1n) is 9.31. The number of amides is 1. The quantitative estimate of drug-likeness (QED) is 0.496. The van der Waals surface area contributed by atoms with Crippen molar-refractivity contribution < 1.29 is 13.6 Å². The molecule has 0 fully saturated rings. The van der Waals surface area contributed by atoms with Crippen molar-refractivity contribution in [3.05, 3.63) is 95.8 Å². The van der Waals surface area contributed by atoms with Crippen molar-refractivity contribution in [3.63, 3.8) is 0 Å². The molecule has 5 heteroatoms. The van der Waals surface area contributed by atoms with Crippen LogP contribution >= 0.6 is 0 Å². The molecular weight excluding hydrogens is 355 g/mol. The van der Waals surface area contributed by atoms with Crippen LogP contribution in [-0.4, -0.2) is 17.4 Å². The summed E-state index contributed by atoms with van der Waals surface area (Å²) in [5.41, 5.74) is 3.02. The summed E-state index contributed by atoms with van der Waals surface area (Å²) < 4.78 is 18.7. The molecule has 2 heterocycles. The van der Waals surface area contributed by atoms with Crippen molar-refractivity contribution in [2.75, 3.05) is 6.54 Å². The van der Waals surface area contributed by atoms with Gasteiger partial charge in [-0.15, -0.1) is 0 Å². The Bertz CT molecular complexity index is 1050. The third-order valence-corrected chi connectivity index (χ3v) is 4.94. The fourth-order valence-corrected chi connectivity index (χ4v) is 3.47. The van der Waals surface area contributed by atoms with Gasteiger partial charge in [0.1, 0.15) is 11.6 Å². The lowest BCUT2D eigenvalue weighted by Crippen LogP contribution is -2.32. The molecule has 2 N–H and O–H groups in total. The number of carbonyl (C=O) groups excluding carboxylic acids is 1. The zero-order valence-electron chi connectivity index (χ0n) is 15.3. The molecule has 0 aliphatic rings. The minimum atomic E-state index is -0.435. The number of rotatable bonds is 7. The highest BCUT2D eigenvalue weighted by Gasteiger charge is 2.22. The van der Waals surface area contributed by atoms with Crippen molar-refractivity contribution in [1.29, 1.82) is 0 Å². The maximum Gasteiger partial charge on any atom is 0.228 e. The van der Waals surface area contributed by atoms with E-state index in [0.29, 0.717) is 13.0 Å². The molecule has 4 nitrogen and oxygen atoms in total. The maximum absolute atomic E-state index is 13.3. The summed E-state index contributed by atoms with van der Waals surface area (Å²) in [6, 6.07) is 17.8. The number of hydrogen-bond acceptors (Lipinski definition) is 2. The molecular formula is C23H21FN2O2. The van der Waals surface area contributed by atoms with Crippen LogP contribution in [0, 0.1) is 5.82 Å². The smallest absolute Gasteiger partial charge is 0.228 e. The first-order valence-corrected chi connectivity index (χ1v) is 9.31. The Kier molecular flexibility index (Phi) is 5.24. The zero-order valence-corrected chi connectivity index (χ0v) is 15.3. The first kappa shape index (κ1) is 18.0. The highest BCUT2D eigenvalue weighted by atomic mass is 19.1. The predicted octanol–water partition coefficient (Wildman–Crippen LogP) is 4.59. The largest absolute Gasteiger partial charge is 0.469 e. The van der Waals surface area contributed by atoms with Crippen LogP contribution in [0.15, 0.2) is 77.5 Å². The molecule has 142 valence electrons. The van der Waals surface area contributed by atoms with E-state index in [2.05, 4.69) is 16.4 Å². The van der Waals surface area contributed by atoms with Gasteiger partial charge in [-0.05, 0) is 47.9 Å². The second-order valence-electron chi connectivity index (χ2n) is 6.79. The molecule has 0 aliphatic carbocycles. The normalized spacial score (nSPS) is 12.2. The Balaban J connectivity index is 1.45. The van der Waals surface area contributed by atoms with E-state index >= 15 is 0 Å². The number of H-pyrrole nitrogens is 1. The van der Waals surface area contributed by atoms with E-state index in [-0.39, 0.29) is 11.7 Å². The summed E-state index contributed by atoms with van der Waals surface area (Å²) in [6.45, 7) is 0.524. The Morgan fingerprint density at radius 1 is 1.07 bits per heavy atom. The van der Waals surface area contributed by atoms with Crippen molar-refractivity contribution in [2.24, 2.45) is 0 Å². The van der Waals surface area contributed by atoms with Gasteiger partial charge >= 0.3 is 0 Å². The molecule has 0 saturated carbocycles. The van der Waals surface area contributed by atoms with Crippen molar-refractivity contribution in [2.45, 2.75) is 18.8 Å². The zero-order chi connectivity index (χ0) is 19.3. The molecule has 28 heavy (non-hydrogen) atoms. The van der Waals surface area contributed by atoms with E-state index < -0.39 is 5.92 Å². The molecule has 4 rings (SSSR count). The fraction of sp³-hybridized carbons (Fsp3) is 0.174. The number of furan rings is 1. The highest BCUT2D eigenvalue weighted by Crippen LogP contribution is 2.23. The van der Waals surface area contributed by atoms with Gasteiger partial charge in [0.2, 0.25) is 5.91 Å². The van der Waals surface area contributed by atoms with Gasteiger partial charge in [-0.25, -0.2) is 4.39 Å². The minimum absolute atomic E-state index is 0.0946. The van der Waals surface area contributed by atoms with Crippen molar-refractivity contribution in [1.82, 2.24) is 10.3 Å². The standard InChI is InChI=1S/C23H21FN2O2/c24-18-9-7-16(8-10-18)21(14-19-4-3-13-28-19)23(27)25-12-11-17-15-26-22-6-2-1-5-20(17)22/h1-10,13,15,21,26H,11-12,14H2,(H,25,27). The Hall–Kier alpha value is -3.34. The predicted molar refractivity (Wildman–Crippen MR) is 107 cm³/mol. The molecule has 2 aromatic heterocycles. The molecule has 0 saturated heterocycles. The molecule has 4 aromatic rings. The molecule has 0 bridgehead atoms. The summed E-state index contributed by atoms with van der Waals surface area (Å²) in [6.07, 6.45) is 4.73. The van der Waals surface area contributed by atoms with Gasteiger partial charge in [0.25, 0.3) is 0 Å². The lowest BCUT2D eigenvalue weighted by molar-refractivity contribution is -0.122. The highest BCUT2D eigenvalue weighted by molar-refractivity contribution is 5.85. The third kappa shape index (κ3) is 3.98. The van der Waals surface area contributed by atoms with Crippen molar-refractivity contribution in [3.8, 4) is 0 Å². The monoisotopic (exact) mass is 376 g/mol. The van der Waals surface area contributed by atoms with Gasteiger partial charge in [-0.1, -0.05) is 30.3 Å². The van der Waals surface area contributed by atoms with E-state index in [4.69, 9.17) is 4.42 Å². The van der Waals surface area contributed by atoms with E-state index in [1.165, 1.54) is 23.1 Å². The SMILES string of the molecule is O=C(NCCc1c[nH]c2ccccc12)C(Cc1ccco1)c1ccc(F)cc1. The van der Waals surface area contributed by atoms with E-state index in [9.17, 15) is 9.18 Å². The van der Waals surface area contributed by atoms with Crippen LogP contribution < -0.4 is 5.32 Å². The van der Waals surface area contributed by atoms with E-state index in [1.54, 1.807) is 24.5 Å². The molecule has 1 amide bonds. The number of halogens is 1. The Morgan fingerprint density at radius 3 is 2.68 bits per heavy atom. The first-order chi connectivity index (χ1) is 13.7. The van der Waals surface area contributed by atoms with Gasteiger partial charge in [0.15, 0.2) is 0 Å². The average Bonchev–Trinajstić information content (AvgIpc) is 3.37. The summed E-state index contributed by atoms with van der Waals surface area (Å²) in [5, 5.41) is 4.19. The van der Waals surface area contributed by atoms with Crippen LogP contribution in [-0.2, 0) is 17.6 Å². The molecule has 0 radical (unpaired) electrons. The van der Waals surface area contributed by atoms with Crippen LogP contribution in [0.2, 0.25) is 0 Å². The number of carbonyl (C=O) groups is 1. The molecule has 1 atom stereocenters. The summed E-state index contributed by atoms with van der Waals surface area (Å²) >= 11 is 0. The number of nitrogens with one attached hydrogen (secondary N) is 2. The van der Waals surface area contributed by atoms with Crippen LogP contribution in [0.4, 0.5) is 4.39 Å². The second-order valence-corrected chi connectivity index (χ2v) is 6.79. The van der Waals surface area contributed by atoms with Gasteiger partial charge in [-0.2, -0.15) is 0 Å². The van der Waals surface area contributed by atoms with E-state index in [1.807, 2.05) is 30.5 Å². The number of aromatic amines is 1. The van der Waals surface area contributed by atoms with E-state index in [0.717, 1.165) is 23.3 Å². The lowest BCUT2D eigenvalue weighted by Gasteiger charge is -2.16. The van der Waals surface area contributed by atoms with Crippen LogP contribution in [0.3, 0.4) is 0 Å². The number of para-hydroxylation sites is 1. The summed E-state index contributed by atoms with van der Waals surface area (Å²) in [5.74, 6) is -0.126. The minimum Gasteiger partial charge on any atom is -0.469 e. The second kappa shape index (κ2) is 8.13. The third-order valence-electron chi connectivity index (χ3n) is 4.94. The molecule has 0 aliphatic heterocycles. The summed E-state index contributed by atoms with van der Waals surface area (Å²) in [4.78, 5) is 16.1. The lowest BCUT2D eigenvalue weighted by atomic mass is 9.93. The number of benzene rings is 2. The molecule has 0 spiro atoms. The number of fused-ring (bicyclic) bond motifs is 1. The van der Waals surface area contributed by atoms with Gasteiger partial charge in [-0.3, -0.25) is 4.79 Å². The average molecular weight is 376 g/mol. The van der Waals surface area contributed by atoms with Crippen molar-refractivity contribution >= 4 is 16.8 Å². The maximum atomic E-state index is 13.3. The van der Waals surface area contributed by atoms with Crippen LogP contribution in [0.25, 0.3) is 10.9 Å². The Labute approximate surface area is 162 Å². The number of aromatic nitrogens is 1. The van der Waals surface area contributed by atoms with Crippen LogP contribution in [0.1, 0.15) is 22.8 Å². The molecule has 1 unspecified atom stereocenters. The number of hydrogen-bond donors (Lipinski definition) is 2.